The molecule has 0 atom stereocenters. The molecule has 0 spiro atoms. The third-order valence-electron chi connectivity index (χ3n) is 3.28. The van der Waals surface area contributed by atoms with E-state index in [0.29, 0.717) is 12.2 Å². The number of aryl methyl sites for hydroxylation is 1. The lowest BCUT2D eigenvalue weighted by Gasteiger charge is -2.03. The standard InChI is InChI=1S/C16H15NO2S/c1-3-19-11-4-5-14-12(8-11)13(9-17-14)15(18)16-10(2)6-7-20-16/h4-9,17H,3H2,1-2H3. The molecule has 4 heteroatoms. The van der Waals surface area contributed by atoms with Crippen molar-refractivity contribution in [1.82, 2.24) is 4.98 Å². The van der Waals surface area contributed by atoms with Gasteiger partial charge in [-0.3, -0.25) is 4.79 Å². The van der Waals surface area contributed by atoms with Gasteiger partial charge in [0.2, 0.25) is 5.78 Å². The van der Waals surface area contributed by atoms with Crippen molar-refractivity contribution in [1.29, 1.82) is 0 Å². The van der Waals surface area contributed by atoms with Crippen molar-refractivity contribution in [2.24, 2.45) is 0 Å². The third-order valence-corrected chi connectivity index (χ3v) is 4.29. The van der Waals surface area contributed by atoms with Gasteiger partial charge in [-0.05, 0) is 49.1 Å². The second-order valence-corrected chi connectivity index (χ2v) is 5.52. The minimum atomic E-state index is 0.0670. The van der Waals surface area contributed by atoms with Gasteiger partial charge >= 0.3 is 0 Å². The van der Waals surface area contributed by atoms with E-state index >= 15 is 0 Å². The van der Waals surface area contributed by atoms with Crippen LogP contribution >= 0.6 is 11.3 Å². The molecule has 0 radical (unpaired) electrons. The molecule has 0 aliphatic carbocycles. The van der Waals surface area contributed by atoms with Crippen LogP contribution in [0.4, 0.5) is 0 Å². The Labute approximate surface area is 121 Å². The van der Waals surface area contributed by atoms with Crippen molar-refractivity contribution >= 4 is 28.0 Å². The number of hydrogen-bond donors (Lipinski definition) is 1. The number of fused-ring (bicyclic) bond motifs is 1. The SMILES string of the molecule is CCOc1ccc2[nH]cc(C(=O)c3sccc3C)c2c1. The summed E-state index contributed by atoms with van der Waals surface area (Å²) in [7, 11) is 0. The maximum Gasteiger partial charge on any atom is 0.205 e. The molecular formula is C16H15NO2S. The van der Waals surface area contributed by atoms with Crippen LogP contribution < -0.4 is 4.74 Å². The van der Waals surface area contributed by atoms with Crippen molar-refractivity contribution in [3.63, 3.8) is 0 Å². The summed E-state index contributed by atoms with van der Waals surface area (Å²) in [4.78, 5) is 16.6. The Bertz CT molecular complexity index is 770. The predicted octanol–water partition coefficient (Wildman–Crippen LogP) is 4.17. The summed E-state index contributed by atoms with van der Waals surface area (Å²) in [5.74, 6) is 0.856. The molecule has 1 N–H and O–H groups in total. The van der Waals surface area contributed by atoms with Gasteiger partial charge in [0.25, 0.3) is 0 Å². The maximum absolute atomic E-state index is 12.6. The highest BCUT2D eigenvalue weighted by molar-refractivity contribution is 7.12. The first-order valence-electron chi connectivity index (χ1n) is 6.53. The van der Waals surface area contributed by atoms with E-state index in [1.165, 1.54) is 11.3 Å². The molecule has 20 heavy (non-hydrogen) atoms. The van der Waals surface area contributed by atoms with Gasteiger partial charge in [0.15, 0.2) is 0 Å². The first-order chi connectivity index (χ1) is 9.70. The Morgan fingerprint density at radius 2 is 2.20 bits per heavy atom. The van der Waals surface area contributed by atoms with Gasteiger partial charge in [-0.1, -0.05) is 0 Å². The molecule has 3 aromatic rings. The number of carbonyl (C=O) groups excluding carboxylic acids is 1. The van der Waals surface area contributed by atoms with Crippen molar-refractivity contribution in [2.45, 2.75) is 13.8 Å². The second kappa shape index (κ2) is 5.13. The van der Waals surface area contributed by atoms with E-state index < -0.39 is 0 Å². The number of H-pyrrole nitrogens is 1. The van der Waals surface area contributed by atoms with Gasteiger partial charge in [0.1, 0.15) is 5.75 Å². The van der Waals surface area contributed by atoms with Crippen molar-refractivity contribution in [3.05, 3.63) is 51.8 Å². The normalized spacial score (nSPS) is 10.9. The lowest BCUT2D eigenvalue weighted by atomic mass is 10.1. The minimum absolute atomic E-state index is 0.0670. The van der Waals surface area contributed by atoms with E-state index in [1.807, 2.05) is 43.5 Å². The van der Waals surface area contributed by atoms with Crippen LogP contribution in [-0.4, -0.2) is 17.4 Å². The van der Waals surface area contributed by atoms with Crippen LogP contribution in [0.3, 0.4) is 0 Å². The van der Waals surface area contributed by atoms with Gasteiger partial charge in [-0.2, -0.15) is 0 Å². The van der Waals surface area contributed by atoms with Gasteiger partial charge in [0, 0.05) is 22.7 Å². The number of ether oxygens (including phenoxy) is 1. The van der Waals surface area contributed by atoms with E-state index in [-0.39, 0.29) is 5.78 Å². The molecule has 0 bridgehead atoms. The highest BCUT2D eigenvalue weighted by atomic mass is 32.1. The van der Waals surface area contributed by atoms with Crippen molar-refractivity contribution in [2.75, 3.05) is 6.61 Å². The smallest absolute Gasteiger partial charge is 0.205 e. The topological polar surface area (TPSA) is 42.1 Å². The maximum atomic E-state index is 12.6. The Balaban J connectivity index is 2.09. The summed E-state index contributed by atoms with van der Waals surface area (Å²) < 4.78 is 5.51. The number of aromatic amines is 1. The molecule has 0 saturated heterocycles. The highest BCUT2D eigenvalue weighted by Crippen LogP contribution is 2.28. The molecule has 2 aromatic heterocycles. The fraction of sp³-hybridized carbons (Fsp3) is 0.188. The van der Waals surface area contributed by atoms with Crippen LogP contribution in [0.5, 0.6) is 5.75 Å². The van der Waals surface area contributed by atoms with Crippen LogP contribution in [-0.2, 0) is 0 Å². The summed E-state index contributed by atoms with van der Waals surface area (Å²) in [6.45, 7) is 4.52. The molecule has 0 unspecified atom stereocenters. The number of benzene rings is 1. The summed E-state index contributed by atoms with van der Waals surface area (Å²) in [6, 6.07) is 7.75. The fourth-order valence-electron chi connectivity index (χ4n) is 2.27. The quantitative estimate of drug-likeness (QED) is 0.731. The minimum Gasteiger partial charge on any atom is -0.494 e. The molecule has 102 valence electrons. The van der Waals surface area contributed by atoms with Gasteiger partial charge in [-0.25, -0.2) is 0 Å². The molecule has 2 heterocycles. The molecule has 0 aliphatic heterocycles. The van der Waals surface area contributed by atoms with E-state index in [0.717, 1.165) is 27.1 Å². The zero-order valence-corrected chi connectivity index (χ0v) is 12.2. The summed E-state index contributed by atoms with van der Waals surface area (Å²) >= 11 is 1.48. The summed E-state index contributed by atoms with van der Waals surface area (Å²) in [5.41, 5.74) is 2.67. The Hall–Kier alpha value is -2.07. The third kappa shape index (κ3) is 2.12. The van der Waals surface area contributed by atoms with Gasteiger partial charge < -0.3 is 9.72 Å². The molecular weight excluding hydrogens is 270 g/mol. The highest BCUT2D eigenvalue weighted by Gasteiger charge is 2.17. The predicted molar refractivity (Wildman–Crippen MR) is 82.0 cm³/mol. The van der Waals surface area contributed by atoms with Crippen LogP contribution in [0.2, 0.25) is 0 Å². The zero-order chi connectivity index (χ0) is 14.1. The summed E-state index contributed by atoms with van der Waals surface area (Å²) in [5, 5.41) is 2.86. The number of carbonyl (C=O) groups is 1. The average molecular weight is 285 g/mol. The first kappa shape index (κ1) is 12.9. The van der Waals surface area contributed by atoms with Crippen LogP contribution in [0.1, 0.15) is 27.7 Å². The Kier molecular flexibility index (Phi) is 3.32. The van der Waals surface area contributed by atoms with E-state index in [9.17, 15) is 4.79 Å². The fourth-order valence-corrected chi connectivity index (χ4v) is 3.15. The number of thiophene rings is 1. The lowest BCUT2D eigenvalue weighted by molar-refractivity contribution is 0.104. The Morgan fingerprint density at radius 3 is 2.90 bits per heavy atom. The molecule has 0 fully saturated rings. The van der Waals surface area contributed by atoms with Crippen LogP contribution in [0, 0.1) is 6.92 Å². The largest absolute Gasteiger partial charge is 0.494 e. The Morgan fingerprint density at radius 1 is 1.35 bits per heavy atom. The zero-order valence-electron chi connectivity index (χ0n) is 11.4. The van der Waals surface area contributed by atoms with Gasteiger partial charge in [-0.15, -0.1) is 11.3 Å². The van der Waals surface area contributed by atoms with E-state index in [1.54, 1.807) is 6.20 Å². The number of hydrogen-bond acceptors (Lipinski definition) is 3. The number of nitrogens with one attached hydrogen (secondary N) is 1. The second-order valence-electron chi connectivity index (χ2n) is 4.60. The van der Waals surface area contributed by atoms with Crippen molar-refractivity contribution in [3.8, 4) is 5.75 Å². The monoisotopic (exact) mass is 285 g/mol. The van der Waals surface area contributed by atoms with E-state index in [4.69, 9.17) is 4.74 Å². The molecule has 3 rings (SSSR count). The molecule has 3 nitrogen and oxygen atoms in total. The number of rotatable bonds is 4. The average Bonchev–Trinajstić information content (AvgIpc) is 3.04. The van der Waals surface area contributed by atoms with Crippen molar-refractivity contribution < 1.29 is 9.53 Å². The molecule has 0 saturated carbocycles. The van der Waals surface area contributed by atoms with Crippen LogP contribution in [0.15, 0.2) is 35.8 Å². The molecule has 0 amide bonds. The number of ketones is 1. The molecule has 0 aliphatic rings. The molecule has 1 aromatic carbocycles. The first-order valence-corrected chi connectivity index (χ1v) is 7.41. The van der Waals surface area contributed by atoms with E-state index in [2.05, 4.69) is 4.98 Å². The summed E-state index contributed by atoms with van der Waals surface area (Å²) in [6.07, 6.45) is 1.78. The number of aromatic nitrogens is 1. The lowest BCUT2D eigenvalue weighted by Crippen LogP contribution is -1.99. The van der Waals surface area contributed by atoms with Crippen LogP contribution in [0.25, 0.3) is 10.9 Å². The van der Waals surface area contributed by atoms with Gasteiger partial charge in [0.05, 0.1) is 11.5 Å².